The minimum Gasteiger partial charge on any atom is -0.369 e. The molecule has 11 aromatic rings. The van der Waals surface area contributed by atoms with Crippen LogP contribution in [-0.2, 0) is 0 Å². The number of para-hydroxylation sites is 2. The summed E-state index contributed by atoms with van der Waals surface area (Å²) in [5, 5.41) is 13.6. The van der Waals surface area contributed by atoms with Gasteiger partial charge in [0.2, 0.25) is 5.96 Å². The second kappa shape index (κ2) is 12.5. The first-order chi connectivity index (χ1) is 29.6. The van der Waals surface area contributed by atoms with E-state index in [-0.39, 0.29) is 6.17 Å². The van der Waals surface area contributed by atoms with Crippen molar-refractivity contribution >= 4 is 82.3 Å². The summed E-state index contributed by atoms with van der Waals surface area (Å²) in [5.41, 5.74) is 16.8. The maximum atomic E-state index is 5.45. The number of aryl methyl sites for hydroxylation is 2. The van der Waals surface area contributed by atoms with E-state index in [1.807, 2.05) is 0 Å². The number of nitrogens with zero attached hydrogens (tertiary/aromatic N) is 4. The molecular weight excluding hydrogens is 731 g/mol. The monoisotopic (exact) mass is 769 g/mol. The van der Waals surface area contributed by atoms with Gasteiger partial charge in [-0.1, -0.05) is 121 Å². The third-order valence-electron chi connectivity index (χ3n) is 13.3. The zero-order chi connectivity index (χ0) is 39.6. The number of nitrogens with one attached hydrogen (secondary N) is 1. The quantitative estimate of drug-likeness (QED) is 0.191. The van der Waals surface area contributed by atoms with Gasteiger partial charge in [-0.05, 0) is 107 Å². The first-order valence-electron chi connectivity index (χ1n) is 21.0. The molecule has 3 aliphatic heterocycles. The molecule has 2 bridgehead atoms. The standard InChI is InChI=1S/C55H39N5/c1-32-11-6-7-14-39(32)43-29-36(20-19-33(43)2)37-23-25-46-44(30-37)40-16-10-17-42-52-47(59(46)54(40)42)26-21-34-22-27-48-51(50(34)52)41-15-8-9-18-45(41)60(48)55-57-49-28-24-38(31-56-49)53(58-55)35-12-4-3-5-13-35/h3-23,25-27,29-31,49,56H,24,28H2,1-2H3/b57-55+,58-53-. The third kappa shape index (κ3) is 4.69. The van der Waals surface area contributed by atoms with Crippen LogP contribution in [0.5, 0.6) is 0 Å². The molecule has 1 atom stereocenters. The van der Waals surface area contributed by atoms with Crippen molar-refractivity contribution in [3.05, 3.63) is 186 Å². The largest absolute Gasteiger partial charge is 0.369 e. The molecule has 284 valence electrons. The molecule has 14 rings (SSSR count). The van der Waals surface area contributed by atoms with Gasteiger partial charge < -0.3 is 9.72 Å². The molecule has 5 heteroatoms. The average Bonchev–Trinajstić information content (AvgIpc) is 3.93. The molecule has 6 heterocycles. The second-order valence-corrected chi connectivity index (χ2v) is 16.6. The number of hydrogen-bond donors (Lipinski definition) is 1. The Labute approximate surface area is 346 Å². The van der Waals surface area contributed by atoms with Crippen molar-refractivity contribution < 1.29 is 0 Å². The SMILES string of the molecule is Cc1ccccc1-c1cc(-c2ccc3c(c2)c2cccc4c5c6c(ccc7c6c6ccccc6n7C6=N/C7CCC(=CN7)/C(c7ccccc7)=N\6)ccc5n3c24)ccc1C. The number of aliphatic imine (C=N–C) groups is 2. The summed E-state index contributed by atoms with van der Waals surface area (Å²) < 4.78 is 4.81. The Morgan fingerprint density at radius 2 is 1.25 bits per heavy atom. The molecule has 0 radical (unpaired) electrons. The lowest BCUT2D eigenvalue weighted by atomic mass is 9.92. The van der Waals surface area contributed by atoms with Crippen LogP contribution in [0.4, 0.5) is 0 Å². The van der Waals surface area contributed by atoms with Crippen molar-refractivity contribution in [2.45, 2.75) is 32.9 Å². The third-order valence-corrected chi connectivity index (χ3v) is 13.3. The second-order valence-electron chi connectivity index (χ2n) is 16.6. The van der Waals surface area contributed by atoms with Gasteiger partial charge in [-0.3, -0.25) is 4.57 Å². The van der Waals surface area contributed by atoms with Gasteiger partial charge in [0.05, 0.1) is 33.3 Å². The van der Waals surface area contributed by atoms with Crippen molar-refractivity contribution in [2.24, 2.45) is 9.98 Å². The van der Waals surface area contributed by atoms with Crippen LogP contribution in [0.15, 0.2) is 179 Å². The van der Waals surface area contributed by atoms with Crippen LogP contribution >= 0.6 is 0 Å². The van der Waals surface area contributed by atoms with Gasteiger partial charge in [-0.25, -0.2) is 9.98 Å². The normalized spacial score (nSPS) is 17.4. The molecule has 3 aliphatic rings. The Morgan fingerprint density at radius 3 is 2.12 bits per heavy atom. The molecule has 0 fully saturated rings. The van der Waals surface area contributed by atoms with Gasteiger partial charge in [0, 0.05) is 49.5 Å². The number of benzene rings is 8. The van der Waals surface area contributed by atoms with E-state index in [0.29, 0.717) is 5.96 Å². The van der Waals surface area contributed by atoms with Gasteiger partial charge in [0.1, 0.15) is 6.17 Å². The summed E-state index contributed by atoms with van der Waals surface area (Å²) in [6, 6.07) is 58.0. The van der Waals surface area contributed by atoms with Crippen LogP contribution in [0.2, 0.25) is 0 Å². The highest BCUT2D eigenvalue weighted by molar-refractivity contribution is 6.36. The molecule has 3 aromatic heterocycles. The Hall–Kier alpha value is -7.50. The van der Waals surface area contributed by atoms with E-state index in [4.69, 9.17) is 9.98 Å². The molecule has 8 aromatic carbocycles. The van der Waals surface area contributed by atoms with Crippen molar-refractivity contribution in [1.82, 2.24) is 14.3 Å². The van der Waals surface area contributed by atoms with Crippen LogP contribution in [0.25, 0.3) is 92.9 Å². The molecule has 0 saturated carbocycles. The maximum absolute atomic E-state index is 5.45. The van der Waals surface area contributed by atoms with E-state index in [9.17, 15) is 0 Å². The van der Waals surface area contributed by atoms with Crippen LogP contribution in [0.1, 0.15) is 29.5 Å². The number of fused-ring (bicyclic) bond motifs is 15. The van der Waals surface area contributed by atoms with E-state index >= 15 is 0 Å². The molecule has 60 heavy (non-hydrogen) atoms. The van der Waals surface area contributed by atoms with E-state index in [1.54, 1.807) is 0 Å². The molecule has 0 amide bonds. The fraction of sp³-hybridized carbons (Fsp3) is 0.0909. The smallest absolute Gasteiger partial charge is 0.232 e. The van der Waals surface area contributed by atoms with Gasteiger partial charge in [0.25, 0.3) is 0 Å². The first-order valence-corrected chi connectivity index (χ1v) is 21.0. The van der Waals surface area contributed by atoms with Gasteiger partial charge in [-0.15, -0.1) is 0 Å². The topological polar surface area (TPSA) is 46.1 Å². The molecule has 0 aliphatic carbocycles. The lowest BCUT2D eigenvalue weighted by molar-refractivity contribution is 0.537. The molecule has 5 nitrogen and oxygen atoms in total. The summed E-state index contributed by atoms with van der Waals surface area (Å²) in [4.78, 5) is 10.8. The minimum atomic E-state index is -0.0378. The minimum absolute atomic E-state index is 0.0378. The van der Waals surface area contributed by atoms with Crippen molar-refractivity contribution in [2.75, 3.05) is 0 Å². The number of aromatic nitrogens is 2. The Morgan fingerprint density at radius 1 is 0.533 bits per heavy atom. The van der Waals surface area contributed by atoms with Crippen molar-refractivity contribution in [3.63, 3.8) is 0 Å². The summed E-state index contributed by atoms with van der Waals surface area (Å²) >= 11 is 0. The van der Waals surface area contributed by atoms with Crippen LogP contribution in [-0.4, -0.2) is 26.8 Å². The van der Waals surface area contributed by atoms with Gasteiger partial charge in [0.15, 0.2) is 0 Å². The zero-order valence-electron chi connectivity index (χ0n) is 33.4. The molecule has 0 saturated heterocycles. The maximum Gasteiger partial charge on any atom is 0.232 e. The predicted molar refractivity (Wildman–Crippen MR) is 252 cm³/mol. The van der Waals surface area contributed by atoms with Crippen molar-refractivity contribution in [1.29, 1.82) is 0 Å². The van der Waals surface area contributed by atoms with Crippen LogP contribution in [0, 0.1) is 13.8 Å². The predicted octanol–water partition coefficient (Wildman–Crippen LogP) is 13.3. The Kier molecular flexibility index (Phi) is 6.97. The molecular formula is C55H39N5. The summed E-state index contributed by atoms with van der Waals surface area (Å²) in [6.45, 7) is 4.41. The highest BCUT2D eigenvalue weighted by atomic mass is 15.2. The zero-order valence-corrected chi connectivity index (χ0v) is 33.4. The summed E-state index contributed by atoms with van der Waals surface area (Å²) in [6.07, 6.45) is 3.94. The number of hydrogen-bond acceptors (Lipinski definition) is 3. The molecule has 1 unspecified atom stereocenters. The molecule has 0 spiro atoms. The van der Waals surface area contributed by atoms with Crippen LogP contribution < -0.4 is 5.32 Å². The lowest BCUT2D eigenvalue weighted by Crippen LogP contribution is -2.33. The Balaban J connectivity index is 1.06. The number of allylic oxidation sites excluding steroid dienone is 1. The Bertz CT molecular complexity index is 3710. The first kappa shape index (κ1) is 33.5. The summed E-state index contributed by atoms with van der Waals surface area (Å²) in [5.74, 6) is 0.713. The van der Waals surface area contributed by atoms with Crippen LogP contribution in [0.3, 0.4) is 0 Å². The van der Waals surface area contributed by atoms with E-state index in [2.05, 4.69) is 192 Å². The lowest BCUT2D eigenvalue weighted by Gasteiger charge is -2.26. The average molecular weight is 770 g/mol. The summed E-state index contributed by atoms with van der Waals surface area (Å²) in [7, 11) is 0. The number of rotatable bonds is 3. The van der Waals surface area contributed by atoms with E-state index in [0.717, 1.165) is 35.2 Å². The van der Waals surface area contributed by atoms with Gasteiger partial charge in [-0.2, -0.15) is 0 Å². The fourth-order valence-electron chi connectivity index (χ4n) is 10.4. The van der Waals surface area contributed by atoms with Gasteiger partial charge >= 0.3 is 0 Å². The molecule has 1 N–H and O–H groups in total. The highest BCUT2D eigenvalue weighted by Crippen LogP contribution is 2.46. The highest BCUT2D eigenvalue weighted by Gasteiger charge is 2.27. The van der Waals surface area contributed by atoms with Crippen molar-refractivity contribution in [3.8, 4) is 22.3 Å². The van der Waals surface area contributed by atoms with E-state index < -0.39 is 0 Å². The van der Waals surface area contributed by atoms with E-state index in [1.165, 1.54) is 98.6 Å². The fourth-order valence-corrected chi connectivity index (χ4v) is 10.4.